The Morgan fingerprint density at radius 2 is 1.53 bits per heavy atom. The topological polar surface area (TPSA) is 32.3 Å². The minimum Gasteiger partial charge on any atom is -0.369 e. The van der Waals surface area contributed by atoms with E-state index in [1.807, 2.05) is 12.1 Å². The van der Waals surface area contributed by atoms with Gasteiger partial charge in [-0.2, -0.15) is 0 Å². The third kappa shape index (κ3) is 3.77. The second-order valence-electron chi connectivity index (χ2n) is 3.84. The Bertz CT molecular complexity index is 589. The fourth-order valence-electron chi connectivity index (χ4n) is 1.51. The van der Waals surface area contributed by atoms with Crippen LogP contribution in [-0.4, -0.2) is 5.11 Å². The third-order valence-electron chi connectivity index (χ3n) is 2.49. The number of nitrogens with one attached hydrogen (secondary N) is 1. The third-order valence-corrected chi connectivity index (χ3v) is 4.05. The summed E-state index contributed by atoms with van der Waals surface area (Å²) in [5.74, 6) is 0. The zero-order valence-corrected chi connectivity index (χ0v) is 13.4. The zero-order chi connectivity index (χ0) is 14.0. The Balaban J connectivity index is 2.21. The SMILES string of the molecule is OC(Nc1cc(Cl)c(Cl)cc1Cl)c1ccc(Br)cc1. The lowest BCUT2D eigenvalue weighted by molar-refractivity contribution is 0.208. The molecule has 0 saturated heterocycles. The summed E-state index contributed by atoms with van der Waals surface area (Å²) in [6.07, 6.45) is -0.886. The van der Waals surface area contributed by atoms with Crippen LogP contribution in [0.3, 0.4) is 0 Å². The lowest BCUT2D eigenvalue weighted by atomic mass is 10.2. The summed E-state index contributed by atoms with van der Waals surface area (Å²) >= 11 is 21.1. The Morgan fingerprint density at radius 3 is 2.16 bits per heavy atom. The quantitative estimate of drug-likeness (QED) is 0.543. The second-order valence-corrected chi connectivity index (χ2v) is 5.98. The average Bonchev–Trinajstić information content (AvgIpc) is 2.36. The van der Waals surface area contributed by atoms with Crippen molar-refractivity contribution in [2.24, 2.45) is 0 Å². The summed E-state index contributed by atoms with van der Waals surface area (Å²) in [6, 6.07) is 10.4. The van der Waals surface area contributed by atoms with Crippen LogP contribution >= 0.6 is 50.7 Å². The predicted molar refractivity (Wildman–Crippen MR) is 84.2 cm³/mol. The van der Waals surface area contributed by atoms with Gasteiger partial charge in [-0.3, -0.25) is 0 Å². The number of halogens is 4. The normalized spacial score (nSPS) is 12.3. The molecule has 2 aromatic carbocycles. The molecule has 2 N–H and O–H groups in total. The van der Waals surface area contributed by atoms with Gasteiger partial charge in [0.2, 0.25) is 0 Å². The molecule has 100 valence electrons. The maximum Gasteiger partial charge on any atom is 0.150 e. The molecule has 0 fully saturated rings. The first-order valence-corrected chi connectivity index (χ1v) is 7.24. The molecule has 0 bridgehead atoms. The minimum absolute atomic E-state index is 0.371. The van der Waals surface area contributed by atoms with Gasteiger partial charge in [0.25, 0.3) is 0 Å². The monoisotopic (exact) mass is 379 g/mol. The van der Waals surface area contributed by atoms with Crippen LogP contribution in [0.5, 0.6) is 0 Å². The molecule has 0 spiro atoms. The first kappa shape index (κ1) is 14.9. The van der Waals surface area contributed by atoms with E-state index in [1.54, 1.807) is 18.2 Å². The molecule has 2 aromatic rings. The summed E-state index contributed by atoms with van der Waals surface area (Å²) in [6.45, 7) is 0. The molecule has 1 atom stereocenters. The highest BCUT2D eigenvalue weighted by atomic mass is 79.9. The van der Waals surface area contributed by atoms with E-state index in [4.69, 9.17) is 34.8 Å². The van der Waals surface area contributed by atoms with E-state index >= 15 is 0 Å². The fraction of sp³-hybridized carbons (Fsp3) is 0.0769. The molecule has 0 saturated carbocycles. The summed E-state index contributed by atoms with van der Waals surface area (Å²) in [4.78, 5) is 0. The van der Waals surface area contributed by atoms with Gasteiger partial charge in [-0.05, 0) is 24.3 Å². The van der Waals surface area contributed by atoms with E-state index in [0.717, 1.165) is 4.47 Å². The molecule has 0 radical (unpaired) electrons. The Labute approximate surface area is 134 Å². The smallest absolute Gasteiger partial charge is 0.150 e. The minimum atomic E-state index is -0.886. The van der Waals surface area contributed by atoms with Crippen LogP contribution in [0.2, 0.25) is 15.1 Å². The Morgan fingerprint density at radius 1 is 0.947 bits per heavy atom. The van der Waals surface area contributed by atoms with Gasteiger partial charge in [-0.1, -0.05) is 62.9 Å². The largest absolute Gasteiger partial charge is 0.369 e. The van der Waals surface area contributed by atoms with Gasteiger partial charge in [0.15, 0.2) is 6.23 Å². The van der Waals surface area contributed by atoms with Crippen molar-refractivity contribution in [3.8, 4) is 0 Å². The van der Waals surface area contributed by atoms with E-state index in [1.165, 1.54) is 6.07 Å². The van der Waals surface area contributed by atoms with Gasteiger partial charge >= 0.3 is 0 Å². The van der Waals surface area contributed by atoms with Gasteiger partial charge in [-0.15, -0.1) is 0 Å². The summed E-state index contributed by atoms with van der Waals surface area (Å²) in [7, 11) is 0. The number of aliphatic hydroxyl groups is 1. The standard InChI is InChI=1S/C13H9BrCl3NO/c14-8-3-1-7(2-4-8)13(19)18-12-6-10(16)9(15)5-11(12)17/h1-6,13,18-19H. The molecular weight excluding hydrogens is 372 g/mol. The molecule has 0 aliphatic heterocycles. The van der Waals surface area contributed by atoms with Crippen molar-refractivity contribution in [2.75, 3.05) is 5.32 Å². The van der Waals surface area contributed by atoms with Crippen molar-refractivity contribution < 1.29 is 5.11 Å². The van der Waals surface area contributed by atoms with E-state index in [0.29, 0.717) is 26.3 Å². The van der Waals surface area contributed by atoms with Gasteiger partial charge in [-0.25, -0.2) is 0 Å². The van der Waals surface area contributed by atoms with Crippen molar-refractivity contribution in [3.63, 3.8) is 0 Å². The second kappa shape index (κ2) is 6.33. The number of anilines is 1. The van der Waals surface area contributed by atoms with E-state index in [9.17, 15) is 5.11 Å². The molecule has 0 amide bonds. The number of aliphatic hydroxyl groups excluding tert-OH is 1. The van der Waals surface area contributed by atoms with E-state index in [-0.39, 0.29) is 0 Å². The van der Waals surface area contributed by atoms with Gasteiger partial charge < -0.3 is 10.4 Å². The highest BCUT2D eigenvalue weighted by Crippen LogP contribution is 2.33. The molecule has 1 unspecified atom stereocenters. The highest BCUT2D eigenvalue weighted by molar-refractivity contribution is 9.10. The van der Waals surface area contributed by atoms with Crippen molar-refractivity contribution in [2.45, 2.75) is 6.23 Å². The molecule has 2 nitrogen and oxygen atoms in total. The molecule has 0 aliphatic carbocycles. The van der Waals surface area contributed by atoms with Crippen molar-refractivity contribution >= 4 is 56.4 Å². The maximum atomic E-state index is 10.1. The van der Waals surface area contributed by atoms with Crippen molar-refractivity contribution in [1.82, 2.24) is 0 Å². The molecule has 6 heteroatoms. The van der Waals surface area contributed by atoms with Crippen LogP contribution in [0.25, 0.3) is 0 Å². The Hall–Kier alpha value is -0.450. The number of hydrogen-bond acceptors (Lipinski definition) is 2. The van der Waals surface area contributed by atoms with Crippen molar-refractivity contribution in [1.29, 1.82) is 0 Å². The first-order chi connectivity index (χ1) is 8.97. The number of hydrogen-bond donors (Lipinski definition) is 2. The van der Waals surface area contributed by atoms with Crippen molar-refractivity contribution in [3.05, 3.63) is 61.5 Å². The average molecular weight is 381 g/mol. The van der Waals surface area contributed by atoms with Crippen LogP contribution in [0.4, 0.5) is 5.69 Å². The molecule has 0 aromatic heterocycles. The molecule has 19 heavy (non-hydrogen) atoms. The van der Waals surface area contributed by atoms with Crippen LogP contribution in [0, 0.1) is 0 Å². The summed E-state index contributed by atoms with van der Waals surface area (Å²) in [5, 5.41) is 14.1. The predicted octanol–water partition coefficient (Wildman–Crippen LogP) is 5.51. The first-order valence-electron chi connectivity index (χ1n) is 5.32. The van der Waals surface area contributed by atoms with Gasteiger partial charge in [0.05, 0.1) is 20.8 Å². The maximum absolute atomic E-state index is 10.1. The van der Waals surface area contributed by atoms with Gasteiger partial charge in [0, 0.05) is 10.0 Å². The van der Waals surface area contributed by atoms with E-state index in [2.05, 4.69) is 21.2 Å². The fourth-order valence-corrected chi connectivity index (χ4v) is 2.37. The lowest BCUT2D eigenvalue weighted by Crippen LogP contribution is -2.09. The van der Waals surface area contributed by atoms with E-state index < -0.39 is 6.23 Å². The number of benzene rings is 2. The molecule has 0 heterocycles. The highest BCUT2D eigenvalue weighted by Gasteiger charge is 2.11. The molecular formula is C13H9BrCl3NO. The number of rotatable bonds is 3. The van der Waals surface area contributed by atoms with Crippen LogP contribution in [0.1, 0.15) is 11.8 Å². The van der Waals surface area contributed by atoms with Crippen LogP contribution < -0.4 is 5.32 Å². The van der Waals surface area contributed by atoms with Crippen LogP contribution in [0.15, 0.2) is 40.9 Å². The lowest BCUT2D eigenvalue weighted by Gasteiger charge is -2.16. The Kier molecular flexibility index (Phi) is 4.98. The summed E-state index contributed by atoms with van der Waals surface area (Å²) in [5.41, 5.74) is 1.23. The van der Waals surface area contributed by atoms with Gasteiger partial charge in [0.1, 0.15) is 0 Å². The molecule has 0 aliphatic rings. The van der Waals surface area contributed by atoms with Crippen LogP contribution in [-0.2, 0) is 0 Å². The summed E-state index contributed by atoms with van der Waals surface area (Å²) < 4.78 is 0.941. The molecule has 2 rings (SSSR count). The zero-order valence-electron chi connectivity index (χ0n) is 9.50.